The Labute approximate surface area is 160 Å². The van der Waals surface area contributed by atoms with Crippen LogP contribution < -0.4 is 5.32 Å². The summed E-state index contributed by atoms with van der Waals surface area (Å²) in [6, 6.07) is 21.7. The normalized spacial score (nSPS) is 12.8. The van der Waals surface area contributed by atoms with Gasteiger partial charge in [-0.15, -0.1) is 0 Å². The standard InChI is InChI=1S/C19H15BrN2O3S/c20-15-9-11-16(12-10-15)21-19(23)14-5-4-8-18(13-14)26(24,25)22-17-6-2-1-3-7-17/h1-13H,(H,21,23)(H,22,24,25). The highest BCUT2D eigenvalue weighted by molar-refractivity contribution is 9.10. The molecule has 132 valence electrons. The summed E-state index contributed by atoms with van der Waals surface area (Å²) in [5, 5.41) is 2.75. The van der Waals surface area contributed by atoms with Crippen LogP contribution in [0.4, 0.5) is 11.4 Å². The van der Waals surface area contributed by atoms with Gasteiger partial charge in [0.1, 0.15) is 0 Å². The molecule has 3 rings (SSSR count). The molecule has 7 heteroatoms. The summed E-state index contributed by atoms with van der Waals surface area (Å²) in [5.74, 6) is -0.371. The van der Waals surface area contributed by atoms with Crippen molar-refractivity contribution >= 4 is 43.2 Å². The third kappa shape index (κ3) is 4.57. The monoisotopic (exact) mass is 430 g/mol. The largest absolute Gasteiger partial charge is 0.322 e. The van der Waals surface area contributed by atoms with Gasteiger partial charge in [0.25, 0.3) is 5.91 Å². The lowest BCUT2D eigenvalue weighted by atomic mass is 10.2. The first kappa shape index (κ1) is 18.3. The third-order valence-electron chi connectivity index (χ3n) is 3.49. The topological polar surface area (TPSA) is 78.8 Å². The minimum Gasteiger partial charge on any atom is -0.322 e. The lowest BCUT2D eigenvalue weighted by molar-refractivity contribution is 0.102. The van der Waals surface area contributed by atoms with Crippen molar-refractivity contribution in [3.8, 4) is 0 Å². The number of carbonyl (C=O) groups is 1. The van der Waals surface area contributed by atoms with Crippen LogP contribution >= 0.6 is 15.9 Å². The Morgan fingerprint density at radius 2 is 1.65 bits per heavy atom. The molecule has 0 aromatic heterocycles. The van der Waals surface area contributed by atoms with E-state index in [4.69, 9.17) is 0 Å². The number of carbonyl (C=O) groups excluding carboxylic acids is 1. The molecule has 0 aliphatic rings. The van der Waals surface area contributed by atoms with Crippen LogP contribution in [0.2, 0.25) is 0 Å². The molecule has 0 aliphatic heterocycles. The fourth-order valence-electron chi connectivity index (χ4n) is 2.22. The number of amides is 1. The Bertz CT molecular complexity index is 1040. The quantitative estimate of drug-likeness (QED) is 0.586. The fraction of sp³-hybridized carbons (Fsp3) is 0. The lowest BCUT2D eigenvalue weighted by Gasteiger charge is -2.08. The molecule has 2 N–H and O–H groups in total. The Hall–Kier alpha value is -2.48. The van der Waals surface area contributed by atoms with Crippen molar-refractivity contribution in [3.63, 3.8) is 0 Å². The molecule has 1 amide bonds. The van der Waals surface area contributed by atoms with Gasteiger partial charge in [0.15, 0.2) is 10.0 Å². The zero-order chi connectivity index (χ0) is 18.6. The Balaban J connectivity index is 1.88. The second kappa shape index (κ2) is 7.82. The minimum absolute atomic E-state index is 0.0739. The van der Waals surface area contributed by atoms with E-state index in [0.29, 0.717) is 11.4 Å². The van der Waals surface area contributed by atoms with Crippen LogP contribution in [-0.2, 0) is 10.0 Å². The van der Waals surface area contributed by atoms with Gasteiger partial charge >= 0.3 is 0 Å². The van der Waals surface area contributed by atoms with E-state index >= 15 is 0 Å². The first-order chi connectivity index (χ1) is 12.4. The van der Waals surface area contributed by atoms with Gasteiger partial charge in [0.05, 0.1) is 10.6 Å². The molecule has 0 fully saturated rings. The van der Waals surface area contributed by atoms with Crippen LogP contribution in [-0.4, -0.2) is 14.7 Å². The van der Waals surface area contributed by atoms with Crippen molar-refractivity contribution in [2.24, 2.45) is 4.36 Å². The summed E-state index contributed by atoms with van der Waals surface area (Å²) in [6.07, 6.45) is 0. The van der Waals surface area contributed by atoms with E-state index in [2.05, 4.69) is 25.6 Å². The molecule has 0 radical (unpaired) electrons. The first-order valence-corrected chi connectivity index (χ1v) is 9.92. The molecule has 1 atom stereocenters. The van der Waals surface area contributed by atoms with Crippen LogP contribution in [0.15, 0.2) is 92.6 Å². The van der Waals surface area contributed by atoms with Gasteiger partial charge in [0, 0.05) is 15.7 Å². The maximum atomic E-state index is 12.6. The van der Waals surface area contributed by atoms with Crippen molar-refractivity contribution < 1.29 is 13.6 Å². The van der Waals surface area contributed by atoms with E-state index in [1.807, 2.05) is 12.1 Å². The summed E-state index contributed by atoms with van der Waals surface area (Å²) in [6.45, 7) is 0. The van der Waals surface area contributed by atoms with Crippen LogP contribution in [0.1, 0.15) is 10.4 Å². The predicted molar refractivity (Wildman–Crippen MR) is 106 cm³/mol. The average molecular weight is 431 g/mol. The van der Waals surface area contributed by atoms with Gasteiger partial charge in [0.2, 0.25) is 0 Å². The van der Waals surface area contributed by atoms with E-state index in [0.717, 1.165) is 4.47 Å². The third-order valence-corrected chi connectivity index (χ3v) is 5.35. The molecular formula is C19H15BrN2O3S. The predicted octanol–water partition coefficient (Wildman–Crippen LogP) is 5.33. The van der Waals surface area contributed by atoms with Gasteiger partial charge in [-0.1, -0.05) is 40.2 Å². The first-order valence-electron chi connectivity index (χ1n) is 7.66. The van der Waals surface area contributed by atoms with Gasteiger partial charge in [-0.25, -0.2) is 4.21 Å². The van der Waals surface area contributed by atoms with Crippen LogP contribution in [0.5, 0.6) is 0 Å². The van der Waals surface area contributed by atoms with Crippen molar-refractivity contribution in [1.82, 2.24) is 0 Å². The number of hydrogen-bond acceptors (Lipinski definition) is 3. The molecule has 1 unspecified atom stereocenters. The maximum absolute atomic E-state index is 12.6. The maximum Gasteiger partial charge on any atom is 0.255 e. The molecule has 3 aromatic rings. The zero-order valence-corrected chi connectivity index (χ0v) is 15.9. The number of anilines is 1. The number of hydrogen-bond donors (Lipinski definition) is 2. The number of benzene rings is 3. The van der Waals surface area contributed by atoms with Crippen LogP contribution in [0, 0.1) is 0 Å². The number of nitrogens with one attached hydrogen (secondary N) is 1. The Morgan fingerprint density at radius 3 is 2.35 bits per heavy atom. The van der Waals surface area contributed by atoms with E-state index in [1.165, 1.54) is 12.1 Å². The lowest BCUT2D eigenvalue weighted by Crippen LogP contribution is -2.12. The number of halogens is 1. The van der Waals surface area contributed by atoms with Crippen molar-refractivity contribution in [1.29, 1.82) is 0 Å². The van der Waals surface area contributed by atoms with Crippen molar-refractivity contribution in [2.45, 2.75) is 4.90 Å². The number of nitrogens with zero attached hydrogens (tertiary/aromatic N) is 1. The Morgan fingerprint density at radius 1 is 0.962 bits per heavy atom. The van der Waals surface area contributed by atoms with E-state index in [1.54, 1.807) is 54.6 Å². The number of rotatable bonds is 4. The highest BCUT2D eigenvalue weighted by atomic mass is 79.9. The molecule has 3 aromatic carbocycles. The van der Waals surface area contributed by atoms with E-state index in [9.17, 15) is 13.6 Å². The highest BCUT2D eigenvalue weighted by Gasteiger charge is 2.13. The molecule has 0 heterocycles. The molecule has 0 aliphatic carbocycles. The molecule has 0 saturated heterocycles. The summed E-state index contributed by atoms with van der Waals surface area (Å²) in [5.41, 5.74) is 1.29. The summed E-state index contributed by atoms with van der Waals surface area (Å²) >= 11 is 3.33. The fourth-order valence-corrected chi connectivity index (χ4v) is 3.54. The van der Waals surface area contributed by atoms with Crippen LogP contribution in [0.25, 0.3) is 0 Å². The van der Waals surface area contributed by atoms with Crippen LogP contribution in [0.3, 0.4) is 0 Å². The van der Waals surface area contributed by atoms with Gasteiger partial charge in [-0.05, 0) is 54.6 Å². The minimum atomic E-state index is -3.66. The summed E-state index contributed by atoms with van der Waals surface area (Å²) in [4.78, 5) is 12.5. The van der Waals surface area contributed by atoms with Gasteiger partial charge in [-0.2, -0.15) is 4.36 Å². The molecule has 0 bridgehead atoms. The zero-order valence-electron chi connectivity index (χ0n) is 13.5. The molecule has 0 saturated carbocycles. The molecule has 5 nitrogen and oxygen atoms in total. The molecular weight excluding hydrogens is 416 g/mol. The van der Waals surface area contributed by atoms with Gasteiger partial charge < -0.3 is 5.32 Å². The SMILES string of the molecule is O=C(Nc1ccc(Br)cc1)c1cccc(S(=O)(O)=Nc2ccccc2)c1. The van der Waals surface area contributed by atoms with Gasteiger partial charge in [-0.3, -0.25) is 9.35 Å². The second-order valence-corrected chi connectivity index (χ2v) is 7.98. The average Bonchev–Trinajstić information content (AvgIpc) is 2.64. The van der Waals surface area contributed by atoms with Crippen molar-refractivity contribution in [2.75, 3.05) is 5.32 Å². The van der Waals surface area contributed by atoms with E-state index < -0.39 is 10.0 Å². The summed E-state index contributed by atoms with van der Waals surface area (Å²) < 4.78 is 27.7. The summed E-state index contributed by atoms with van der Waals surface area (Å²) in [7, 11) is -3.66. The highest BCUT2D eigenvalue weighted by Crippen LogP contribution is 2.21. The molecule has 26 heavy (non-hydrogen) atoms. The molecule has 0 spiro atoms. The van der Waals surface area contributed by atoms with E-state index in [-0.39, 0.29) is 16.4 Å². The smallest absolute Gasteiger partial charge is 0.255 e. The second-order valence-electron chi connectivity index (χ2n) is 5.41. The van der Waals surface area contributed by atoms with Crippen molar-refractivity contribution in [3.05, 3.63) is 88.9 Å². The Kier molecular flexibility index (Phi) is 5.51.